The van der Waals surface area contributed by atoms with Gasteiger partial charge in [0, 0.05) is 43.3 Å². The van der Waals surface area contributed by atoms with E-state index in [1.807, 2.05) is 24.3 Å². The Labute approximate surface area is 145 Å². The van der Waals surface area contributed by atoms with E-state index < -0.39 is 0 Å². The van der Waals surface area contributed by atoms with Crippen LogP contribution in [-0.4, -0.2) is 44.5 Å². The van der Waals surface area contributed by atoms with Crippen molar-refractivity contribution in [1.29, 1.82) is 0 Å². The first-order valence-electron chi connectivity index (χ1n) is 8.37. The summed E-state index contributed by atoms with van der Waals surface area (Å²) in [6, 6.07) is 8.03. The van der Waals surface area contributed by atoms with Crippen molar-refractivity contribution in [3.63, 3.8) is 0 Å². The van der Waals surface area contributed by atoms with Gasteiger partial charge < -0.3 is 14.7 Å². The van der Waals surface area contributed by atoms with Crippen molar-refractivity contribution < 1.29 is 4.52 Å². The Balaban J connectivity index is 1.35. The van der Waals surface area contributed by atoms with Gasteiger partial charge in [0.25, 0.3) is 0 Å². The Morgan fingerprint density at radius 3 is 3.04 bits per heavy atom. The Morgan fingerprint density at radius 2 is 2.20 bits per heavy atom. The van der Waals surface area contributed by atoms with Crippen LogP contribution in [0.2, 0.25) is 0 Å². The van der Waals surface area contributed by atoms with Crippen molar-refractivity contribution in [2.75, 3.05) is 18.0 Å². The number of aromatic nitrogens is 5. The average molecular weight is 337 g/mol. The summed E-state index contributed by atoms with van der Waals surface area (Å²) >= 11 is 0. The first-order chi connectivity index (χ1) is 12.4. The molecule has 3 aromatic heterocycles. The van der Waals surface area contributed by atoms with Crippen LogP contribution >= 0.6 is 0 Å². The highest BCUT2D eigenvalue weighted by Gasteiger charge is 2.21. The summed E-state index contributed by atoms with van der Waals surface area (Å²) in [4.78, 5) is 10.8. The highest BCUT2D eigenvalue weighted by molar-refractivity contribution is 5.51. The summed E-state index contributed by atoms with van der Waals surface area (Å²) in [5.74, 6) is 2.07. The predicted molar refractivity (Wildman–Crippen MR) is 91.6 cm³/mol. The summed E-state index contributed by atoms with van der Waals surface area (Å²) in [6.07, 6.45) is 7.36. The Kier molecular flexibility index (Phi) is 4.60. The molecule has 0 unspecified atom stereocenters. The van der Waals surface area contributed by atoms with Gasteiger partial charge in [-0.05, 0) is 37.1 Å². The standard InChI is InChI=1S/C17H19N7O/c1-4-13(10-18-7-1)17-21-16(25-23-17)11-19-14-5-3-9-24(12-14)15-6-2-8-20-22-15/h1-2,4,6-8,10,14,19H,3,5,9,11-12H2/t14-/m1/s1. The van der Waals surface area contributed by atoms with Gasteiger partial charge in [0.1, 0.15) is 0 Å². The molecule has 1 fully saturated rings. The first-order valence-corrected chi connectivity index (χ1v) is 8.37. The van der Waals surface area contributed by atoms with Gasteiger partial charge in [0.05, 0.1) is 6.54 Å². The molecule has 4 heterocycles. The van der Waals surface area contributed by atoms with Crippen LogP contribution in [0.1, 0.15) is 18.7 Å². The van der Waals surface area contributed by atoms with Crippen molar-refractivity contribution in [3.8, 4) is 11.4 Å². The molecular weight excluding hydrogens is 318 g/mol. The van der Waals surface area contributed by atoms with E-state index in [1.165, 1.54) is 0 Å². The molecule has 0 spiro atoms. The normalized spacial score (nSPS) is 17.6. The fourth-order valence-electron chi connectivity index (χ4n) is 2.98. The number of rotatable bonds is 5. The zero-order chi connectivity index (χ0) is 16.9. The van der Waals surface area contributed by atoms with E-state index in [9.17, 15) is 0 Å². The lowest BCUT2D eigenvalue weighted by Crippen LogP contribution is -2.45. The maximum atomic E-state index is 5.33. The predicted octanol–water partition coefficient (Wildman–Crippen LogP) is 1.68. The Morgan fingerprint density at radius 1 is 1.24 bits per heavy atom. The molecule has 0 radical (unpaired) electrons. The van der Waals surface area contributed by atoms with Crippen molar-refractivity contribution in [2.24, 2.45) is 0 Å². The summed E-state index contributed by atoms with van der Waals surface area (Å²) in [5, 5.41) is 15.7. The van der Waals surface area contributed by atoms with E-state index in [1.54, 1.807) is 18.6 Å². The zero-order valence-electron chi connectivity index (χ0n) is 13.7. The minimum atomic E-state index is 0.351. The van der Waals surface area contributed by atoms with Crippen LogP contribution in [0.5, 0.6) is 0 Å². The van der Waals surface area contributed by atoms with E-state index in [4.69, 9.17) is 4.52 Å². The molecule has 3 aromatic rings. The largest absolute Gasteiger partial charge is 0.354 e. The van der Waals surface area contributed by atoms with E-state index in [0.717, 1.165) is 37.3 Å². The van der Waals surface area contributed by atoms with Crippen LogP contribution in [-0.2, 0) is 6.54 Å². The summed E-state index contributed by atoms with van der Waals surface area (Å²) in [6.45, 7) is 2.44. The fourth-order valence-corrected chi connectivity index (χ4v) is 2.98. The van der Waals surface area contributed by atoms with E-state index in [0.29, 0.717) is 24.3 Å². The lowest BCUT2D eigenvalue weighted by Gasteiger charge is -2.33. The second-order valence-electron chi connectivity index (χ2n) is 6.00. The number of hydrogen-bond acceptors (Lipinski definition) is 8. The van der Waals surface area contributed by atoms with Gasteiger partial charge in [-0.25, -0.2) is 0 Å². The molecule has 8 nitrogen and oxygen atoms in total. The molecule has 1 aliphatic heterocycles. The summed E-state index contributed by atoms with van der Waals surface area (Å²) in [7, 11) is 0. The average Bonchev–Trinajstić information content (AvgIpc) is 3.17. The second kappa shape index (κ2) is 7.35. The molecule has 0 bridgehead atoms. The van der Waals surface area contributed by atoms with Crippen LogP contribution in [0.3, 0.4) is 0 Å². The van der Waals surface area contributed by atoms with Crippen LogP contribution in [0, 0.1) is 0 Å². The number of pyridine rings is 1. The van der Waals surface area contributed by atoms with Gasteiger partial charge in [-0.15, -0.1) is 5.10 Å². The molecule has 4 rings (SSSR count). The quantitative estimate of drug-likeness (QED) is 0.752. The minimum Gasteiger partial charge on any atom is -0.354 e. The monoisotopic (exact) mass is 337 g/mol. The minimum absolute atomic E-state index is 0.351. The second-order valence-corrected chi connectivity index (χ2v) is 6.00. The molecule has 1 saturated heterocycles. The number of nitrogens with zero attached hydrogens (tertiary/aromatic N) is 6. The molecule has 0 saturated carbocycles. The number of anilines is 1. The third kappa shape index (κ3) is 3.80. The smallest absolute Gasteiger partial charge is 0.240 e. The fraction of sp³-hybridized carbons (Fsp3) is 0.353. The lowest BCUT2D eigenvalue weighted by molar-refractivity contribution is 0.344. The van der Waals surface area contributed by atoms with Gasteiger partial charge in [0.15, 0.2) is 5.82 Å². The molecule has 0 amide bonds. The van der Waals surface area contributed by atoms with Crippen LogP contribution in [0.4, 0.5) is 5.82 Å². The first kappa shape index (κ1) is 15.6. The van der Waals surface area contributed by atoms with Crippen molar-refractivity contribution in [1.82, 2.24) is 30.6 Å². The molecule has 1 atom stereocenters. The molecule has 8 heteroatoms. The van der Waals surface area contributed by atoms with E-state index >= 15 is 0 Å². The van der Waals surface area contributed by atoms with Gasteiger partial charge in [-0.3, -0.25) is 4.98 Å². The third-order valence-electron chi connectivity index (χ3n) is 4.23. The maximum Gasteiger partial charge on any atom is 0.240 e. The molecule has 25 heavy (non-hydrogen) atoms. The van der Waals surface area contributed by atoms with Crippen molar-refractivity contribution in [2.45, 2.75) is 25.4 Å². The van der Waals surface area contributed by atoms with Crippen molar-refractivity contribution in [3.05, 3.63) is 48.7 Å². The summed E-state index contributed by atoms with van der Waals surface area (Å²) < 4.78 is 5.33. The van der Waals surface area contributed by atoms with Gasteiger partial charge >= 0.3 is 0 Å². The highest BCUT2D eigenvalue weighted by atomic mass is 16.5. The molecule has 0 aliphatic carbocycles. The lowest BCUT2D eigenvalue weighted by atomic mass is 10.1. The van der Waals surface area contributed by atoms with Gasteiger partial charge in [-0.2, -0.15) is 10.1 Å². The molecule has 1 aliphatic rings. The highest BCUT2D eigenvalue weighted by Crippen LogP contribution is 2.17. The SMILES string of the molecule is c1cncc(-c2noc(CN[C@@H]3CCCN(c4cccnn4)C3)n2)c1. The molecule has 128 valence electrons. The number of hydrogen-bond donors (Lipinski definition) is 1. The van der Waals surface area contributed by atoms with E-state index in [-0.39, 0.29) is 0 Å². The maximum absolute atomic E-state index is 5.33. The molecular formula is C17H19N7O. The van der Waals surface area contributed by atoms with Crippen LogP contribution in [0.15, 0.2) is 47.4 Å². The Bertz CT molecular complexity index is 793. The topological polar surface area (TPSA) is 92.9 Å². The van der Waals surface area contributed by atoms with Crippen molar-refractivity contribution >= 4 is 5.82 Å². The third-order valence-corrected chi connectivity index (χ3v) is 4.23. The molecule has 0 aromatic carbocycles. The van der Waals surface area contributed by atoms with Gasteiger partial charge in [-0.1, -0.05) is 5.16 Å². The molecule has 1 N–H and O–H groups in total. The Hall–Kier alpha value is -2.87. The summed E-state index contributed by atoms with van der Waals surface area (Å²) in [5.41, 5.74) is 0.851. The van der Waals surface area contributed by atoms with E-state index in [2.05, 4.69) is 35.5 Å². The van der Waals surface area contributed by atoms with Crippen LogP contribution in [0.25, 0.3) is 11.4 Å². The number of piperidine rings is 1. The zero-order valence-corrected chi connectivity index (χ0v) is 13.7. The van der Waals surface area contributed by atoms with Crippen LogP contribution < -0.4 is 10.2 Å². The number of nitrogens with one attached hydrogen (secondary N) is 1. The van der Waals surface area contributed by atoms with Gasteiger partial charge in [0.2, 0.25) is 11.7 Å².